The number of rotatable bonds is 7. The van der Waals surface area contributed by atoms with Crippen LogP contribution in [0.25, 0.3) is 22.0 Å². The van der Waals surface area contributed by atoms with Crippen molar-refractivity contribution in [3.05, 3.63) is 99.8 Å². The Balaban J connectivity index is 1.42. The molecule has 32 heavy (non-hydrogen) atoms. The molecule has 0 aliphatic rings. The number of aryl methyl sites for hydroxylation is 2. The van der Waals surface area contributed by atoms with Crippen LogP contribution in [-0.4, -0.2) is 21.2 Å². The van der Waals surface area contributed by atoms with Gasteiger partial charge >= 0.3 is 0 Å². The number of hydroxylamine groups is 1. The Morgan fingerprint density at radius 1 is 0.938 bits per heavy atom. The molecule has 0 aliphatic heterocycles. The lowest BCUT2D eigenvalue weighted by atomic mass is 9.98. The lowest BCUT2D eigenvalue weighted by Gasteiger charge is -2.08. The lowest BCUT2D eigenvalue weighted by molar-refractivity contribution is 0.0706. The molecule has 1 amide bonds. The van der Waals surface area contributed by atoms with Crippen molar-refractivity contribution >= 4 is 16.8 Å². The number of H-pyrrole nitrogens is 1. The first kappa shape index (κ1) is 21.3. The van der Waals surface area contributed by atoms with E-state index in [1.165, 1.54) is 11.6 Å². The molecule has 0 unspecified atom stereocenters. The Labute approximate surface area is 185 Å². The van der Waals surface area contributed by atoms with E-state index in [0.29, 0.717) is 22.9 Å². The summed E-state index contributed by atoms with van der Waals surface area (Å²) in [5.74, 6) is -0.387. The van der Waals surface area contributed by atoms with E-state index in [0.717, 1.165) is 30.4 Å². The maximum atomic E-state index is 12.9. The second-order valence-electron chi connectivity index (χ2n) is 7.77. The minimum Gasteiger partial charge on any atom is -0.507 e. The number of unbranched alkanes of at least 4 members (excludes halogenated alkanes) is 1. The first-order valence-electron chi connectivity index (χ1n) is 10.5. The molecule has 6 heteroatoms. The third kappa shape index (κ3) is 4.55. The Bertz CT molecular complexity index is 1330. The average molecular weight is 428 g/mol. The number of para-hydroxylation sites is 1. The Morgan fingerprint density at radius 3 is 2.56 bits per heavy atom. The number of carbonyl (C=O) groups excluding carboxylic acids is 1. The van der Waals surface area contributed by atoms with Crippen molar-refractivity contribution in [1.82, 2.24) is 10.5 Å². The fourth-order valence-corrected chi connectivity index (χ4v) is 3.91. The number of hydrogen-bond acceptors (Lipinski definition) is 4. The van der Waals surface area contributed by atoms with Gasteiger partial charge in [0.1, 0.15) is 5.75 Å². The maximum absolute atomic E-state index is 12.9. The number of hydrogen-bond donors (Lipinski definition) is 4. The van der Waals surface area contributed by atoms with E-state index < -0.39 is 5.91 Å². The summed E-state index contributed by atoms with van der Waals surface area (Å²) < 4.78 is 0. The first-order valence-corrected chi connectivity index (χ1v) is 10.5. The summed E-state index contributed by atoms with van der Waals surface area (Å²) in [6, 6.07) is 20.1. The molecule has 6 nitrogen and oxygen atoms in total. The number of pyridine rings is 1. The molecular weight excluding hydrogens is 404 g/mol. The van der Waals surface area contributed by atoms with Gasteiger partial charge in [-0.2, -0.15) is 0 Å². The van der Waals surface area contributed by atoms with Gasteiger partial charge < -0.3 is 10.1 Å². The van der Waals surface area contributed by atoms with Gasteiger partial charge in [-0.15, -0.1) is 0 Å². The summed E-state index contributed by atoms with van der Waals surface area (Å²) in [4.78, 5) is 27.6. The van der Waals surface area contributed by atoms with Crippen molar-refractivity contribution in [2.24, 2.45) is 0 Å². The molecule has 162 valence electrons. The Morgan fingerprint density at radius 2 is 1.75 bits per heavy atom. The minimum atomic E-state index is -0.650. The van der Waals surface area contributed by atoms with Gasteiger partial charge in [-0.1, -0.05) is 42.5 Å². The number of amides is 1. The number of aromatic nitrogens is 1. The summed E-state index contributed by atoms with van der Waals surface area (Å²) in [5.41, 5.74) is 6.00. The molecule has 1 heterocycles. The summed E-state index contributed by atoms with van der Waals surface area (Å²) in [5, 5.41) is 19.3. The number of aromatic amines is 1. The molecule has 3 aromatic carbocycles. The number of fused-ring (bicyclic) bond motifs is 1. The van der Waals surface area contributed by atoms with Crippen LogP contribution in [0, 0.1) is 0 Å². The van der Waals surface area contributed by atoms with Crippen LogP contribution in [0.5, 0.6) is 5.75 Å². The molecule has 0 saturated carbocycles. The molecule has 4 aromatic rings. The van der Waals surface area contributed by atoms with E-state index >= 15 is 0 Å². The van der Waals surface area contributed by atoms with Gasteiger partial charge in [0.25, 0.3) is 5.91 Å². The maximum Gasteiger partial charge on any atom is 0.274 e. The highest BCUT2D eigenvalue weighted by Crippen LogP contribution is 2.29. The highest BCUT2D eigenvalue weighted by atomic mass is 16.5. The van der Waals surface area contributed by atoms with Gasteiger partial charge in [-0.05, 0) is 61.1 Å². The molecule has 0 spiro atoms. The quantitative estimate of drug-likeness (QED) is 0.196. The van der Waals surface area contributed by atoms with Crippen molar-refractivity contribution in [3.8, 4) is 16.9 Å². The fourth-order valence-electron chi connectivity index (χ4n) is 3.91. The zero-order valence-electron chi connectivity index (χ0n) is 17.5. The molecule has 0 bridgehead atoms. The predicted molar refractivity (Wildman–Crippen MR) is 124 cm³/mol. The van der Waals surface area contributed by atoms with Crippen LogP contribution < -0.4 is 10.9 Å². The van der Waals surface area contributed by atoms with Gasteiger partial charge in [-0.25, -0.2) is 5.48 Å². The minimum absolute atomic E-state index is 0.104. The van der Waals surface area contributed by atoms with E-state index in [4.69, 9.17) is 5.21 Å². The highest BCUT2D eigenvalue weighted by molar-refractivity contribution is 5.97. The van der Waals surface area contributed by atoms with Crippen LogP contribution in [0.4, 0.5) is 0 Å². The van der Waals surface area contributed by atoms with Crippen molar-refractivity contribution in [3.63, 3.8) is 0 Å². The Kier molecular flexibility index (Phi) is 6.33. The van der Waals surface area contributed by atoms with Gasteiger partial charge in [0.2, 0.25) is 0 Å². The molecule has 0 radical (unpaired) electrons. The van der Waals surface area contributed by atoms with Crippen molar-refractivity contribution in [2.75, 3.05) is 0 Å². The number of benzene rings is 3. The molecule has 1 aromatic heterocycles. The van der Waals surface area contributed by atoms with Crippen molar-refractivity contribution < 1.29 is 15.1 Å². The molecule has 4 rings (SSSR count). The number of carbonyl (C=O) groups is 1. The van der Waals surface area contributed by atoms with E-state index in [1.54, 1.807) is 35.9 Å². The summed E-state index contributed by atoms with van der Waals surface area (Å²) in [6.07, 6.45) is 4.98. The van der Waals surface area contributed by atoms with Crippen LogP contribution in [0.3, 0.4) is 0 Å². The predicted octanol–water partition coefficient (Wildman–Crippen LogP) is 4.59. The highest BCUT2D eigenvalue weighted by Gasteiger charge is 2.10. The smallest absolute Gasteiger partial charge is 0.274 e. The van der Waals surface area contributed by atoms with Crippen LogP contribution in [0.1, 0.15) is 34.3 Å². The monoisotopic (exact) mass is 428 g/mol. The topological polar surface area (TPSA) is 102 Å². The van der Waals surface area contributed by atoms with Gasteiger partial charge in [0.15, 0.2) is 5.43 Å². The molecule has 0 saturated heterocycles. The summed E-state index contributed by atoms with van der Waals surface area (Å²) in [6.45, 7) is 0. The zero-order chi connectivity index (χ0) is 22.5. The van der Waals surface area contributed by atoms with E-state index in [9.17, 15) is 14.7 Å². The van der Waals surface area contributed by atoms with E-state index in [-0.39, 0.29) is 16.7 Å². The second-order valence-corrected chi connectivity index (χ2v) is 7.77. The molecule has 0 atom stereocenters. The molecular formula is C26H24N2O4. The zero-order valence-corrected chi connectivity index (χ0v) is 17.5. The summed E-state index contributed by atoms with van der Waals surface area (Å²) >= 11 is 0. The van der Waals surface area contributed by atoms with Crippen LogP contribution >= 0.6 is 0 Å². The van der Waals surface area contributed by atoms with Gasteiger partial charge in [0, 0.05) is 33.8 Å². The third-order valence-corrected chi connectivity index (χ3v) is 5.63. The summed E-state index contributed by atoms with van der Waals surface area (Å²) in [7, 11) is 0. The molecule has 0 aliphatic carbocycles. The fraction of sp³-hybridized carbons (Fsp3) is 0.154. The number of phenolic OH excluding ortho intramolecular Hbond substituents is 1. The molecule has 0 fully saturated rings. The normalized spacial score (nSPS) is 10.9. The SMILES string of the molecule is O=C(NO)c1ccc2[nH]cc(CCCCc3cccc(-c4ccccc4O)c3)c(=O)c2c1. The standard InChI is InChI=1S/C26H24N2O4/c29-24-11-4-3-10-21(24)18-9-5-7-17(14-18)6-1-2-8-20-16-27-23-13-12-19(26(31)28-32)15-22(23)25(20)30/h3-5,7,9-16,29,32H,1-2,6,8H2,(H,27,30)(H,28,31). The largest absolute Gasteiger partial charge is 0.507 e. The van der Waals surface area contributed by atoms with Crippen LogP contribution in [-0.2, 0) is 12.8 Å². The van der Waals surface area contributed by atoms with E-state index in [2.05, 4.69) is 17.1 Å². The van der Waals surface area contributed by atoms with Crippen molar-refractivity contribution in [1.29, 1.82) is 0 Å². The van der Waals surface area contributed by atoms with Crippen LogP contribution in [0.2, 0.25) is 0 Å². The third-order valence-electron chi connectivity index (χ3n) is 5.63. The van der Waals surface area contributed by atoms with Crippen LogP contribution in [0.15, 0.2) is 77.7 Å². The number of nitrogens with one attached hydrogen (secondary N) is 2. The number of phenols is 1. The van der Waals surface area contributed by atoms with Gasteiger partial charge in [-0.3, -0.25) is 14.8 Å². The molecule has 4 N–H and O–H groups in total. The second kappa shape index (κ2) is 9.49. The first-order chi connectivity index (χ1) is 15.6. The Hall–Kier alpha value is -3.90. The van der Waals surface area contributed by atoms with Gasteiger partial charge in [0.05, 0.1) is 0 Å². The lowest BCUT2D eigenvalue weighted by Crippen LogP contribution is -2.19. The van der Waals surface area contributed by atoms with Crippen molar-refractivity contribution in [2.45, 2.75) is 25.7 Å². The van der Waals surface area contributed by atoms with E-state index in [1.807, 2.05) is 24.3 Å². The number of aromatic hydroxyl groups is 1. The average Bonchev–Trinajstić information content (AvgIpc) is 2.83.